The van der Waals surface area contributed by atoms with Gasteiger partial charge in [-0.25, -0.2) is 8.42 Å². The molecule has 8 heteroatoms. The Kier molecular flexibility index (Phi) is 7.68. The molecule has 0 bridgehead atoms. The Hall–Kier alpha value is -2.71. The summed E-state index contributed by atoms with van der Waals surface area (Å²) >= 11 is 0. The Bertz CT molecular complexity index is 1120. The summed E-state index contributed by atoms with van der Waals surface area (Å²) in [7, 11) is -3.90. The van der Waals surface area contributed by atoms with Crippen LogP contribution in [0.2, 0.25) is 0 Å². The molecule has 0 aromatic heterocycles. The zero-order valence-electron chi connectivity index (χ0n) is 19.7. The molecule has 0 radical (unpaired) electrons. The number of esters is 1. The van der Waals surface area contributed by atoms with Crippen LogP contribution < -0.4 is 0 Å². The Morgan fingerprint density at radius 1 is 1.09 bits per heavy atom. The minimum absolute atomic E-state index is 0.187. The van der Waals surface area contributed by atoms with Gasteiger partial charge in [-0.15, -0.1) is 0 Å². The van der Waals surface area contributed by atoms with Crippen molar-refractivity contribution < 1.29 is 22.8 Å². The molecule has 1 saturated carbocycles. The number of hydrogen-bond donors (Lipinski definition) is 0. The maximum absolute atomic E-state index is 13.8. The lowest BCUT2D eigenvalue weighted by Gasteiger charge is -2.29. The lowest BCUT2D eigenvalue weighted by atomic mass is 9.92. The lowest BCUT2D eigenvalue weighted by Crippen LogP contribution is -2.46. The smallest absolute Gasteiger partial charge is 0.324 e. The number of ether oxygens (including phenoxy) is 1. The van der Waals surface area contributed by atoms with Crippen LogP contribution in [0, 0.1) is 12.8 Å². The van der Waals surface area contributed by atoms with E-state index in [1.165, 1.54) is 4.31 Å². The van der Waals surface area contributed by atoms with E-state index in [-0.39, 0.29) is 23.5 Å². The second-order valence-corrected chi connectivity index (χ2v) is 10.8. The first-order valence-electron chi connectivity index (χ1n) is 11.9. The highest BCUT2D eigenvalue weighted by Gasteiger charge is 2.53. The molecule has 4 rings (SSSR count). The molecule has 0 N–H and O–H groups in total. The highest BCUT2D eigenvalue weighted by Crippen LogP contribution is 2.41. The van der Waals surface area contributed by atoms with Crippen molar-refractivity contribution in [2.75, 3.05) is 6.61 Å². The summed E-state index contributed by atoms with van der Waals surface area (Å²) < 4.78 is 34.3. The average molecular weight is 485 g/mol. The fourth-order valence-corrected chi connectivity index (χ4v) is 6.77. The van der Waals surface area contributed by atoms with Gasteiger partial charge >= 0.3 is 5.97 Å². The molecular weight excluding hydrogens is 452 g/mol. The fourth-order valence-electron chi connectivity index (χ4n) is 4.94. The van der Waals surface area contributed by atoms with Crippen molar-refractivity contribution in [3.05, 3.63) is 65.7 Å². The number of fused-ring (bicyclic) bond motifs is 1. The Balaban J connectivity index is 1.65. The van der Waals surface area contributed by atoms with Crippen molar-refractivity contribution >= 4 is 21.7 Å². The van der Waals surface area contributed by atoms with Crippen molar-refractivity contribution in [1.29, 1.82) is 0 Å². The monoisotopic (exact) mass is 484 g/mol. The first-order valence-corrected chi connectivity index (χ1v) is 13.3. The van der Waals surface area contributed by atoms with Crippen molar-refractivity contribution in [1.82, 2.24) is 4.31 Å². The zero-order valence-corrected chi connectivity index (χ0v) is 20.5. The van der Waals surface area contributed by atoms with Crippen LogP contribution in [0.1, 0.15) is 50.2 Å². The molecule has 1 aliphatic heterocycles. The molecule has 0 amide bonds. The van der Waals surface area contributed by atoms with Gasteiger partial charge in [0.25, 0.3) is 0 Å². The first-order chi connectivity index (χ1) is 16.4. The van der Waals surface area contributed by atoms with E-state index in [2.05, 4.69) is 5.16 Å². The van der Waals surface area contributed by atoms with E-state index in [9.17, 15) is 13.2 Å². The van der Waals surface area contributed by atoms with Crippen LogP contribution in [0.25, 0.3) is 0 Å². The van der Waals surface area contributed by atoms with Crippen molar-refractivity contribution in [2.24, 2.45) is 11.1 Å². The van der Waals surface area contributed by atoms with Crippen LogP contribution in [-0.4, -0.2) is 43.1 Å². The Morgan fingerprint density at radius 2 is 1.82 bits per heavy atom. The third-order valence-corrected chi connectivity index (χ3v) is 8.55. The van der Waals surface area contributed by atoms with Gasteiger partial charge in [-0.3, -0.25) is 4.79 Å². The summed E-state index contributed by atoms with van der Waals surface area (Å²) in [5.41, 5.74) is 2.81. The van der Waals surface area contributed by atoms with E-state index >= 15 is 0 Å². The van der Waals surface area contributed by atoms with Crippen LogP contribution >= 0.6 is 0 Å². The summed E-state index contributed by atoms with van der Waals surface area (Å²) in [5.74, 6) is -0.691. The number of rotatable bonds is 7. The largest absolute Gasteiger partial charge is 0.465 e. The molecule has 1 heterocycles. The van der Waals surface area contributed by atoms with Gasteiger partial charge in [0.2, 0.25) is 10.0 Å². The van der Waals surface area contributed by atoms with Crippen LogP contribution in [0.15, 0.2) is 64.6 Å². The highest BCUT2D eigenvalue weighted by atomic mass is 32.2. The predicted molar refractivity (Wildman–Crippen MR) is 130 cm³/mol. The summed E-state index contributed by atoms with van der Waals surface area (Å²) in [5, 5.41) is 4.46. The third kappa shape index (κ3) is 5.18. The first kappa shape index (κ1) is 24.4. The van der Waals surface area contributed by atoms with E-state index in [1.807, 2.05) is 37.3 Å². The van der Waals surface area contributed by atoms with Crippen molar-refractivity contribution in [3.63, 3.8) is 0 Å². The number of aryl methyl sites for hydroxylation is 1. The van der Waals surface area contributed by atoms with Gasteiger partial charge in [-0.05, 0) is 57.2 Å². The van der Waals surface area contributed by atoms with Gasteiger partial charge < -0.3 is 9.57 Å². The van der Waals surface area contributed by atoms with Crippen molar-refractivity contribution in [2.45, 2.75) is 69.5 Å². The number of hydrogen-bond acceptors (Lipinski definition) is 6. The molecule has 2 aromatic carbocycles. The molecular formula is C26H32N2O5S. The molecule has 0 unspecified atom stereocenters. The average Bonchev–Trinajstić information content (AvgIpc) is 3.12. The Labute approximate surface area is 201 Å². The number of nitrogens with zero attached hydrogens (tertiary/aromatic N) is 2. The maximum Gasteiger partial charge on any atom is 0.324 e. The van der Waals surface area contributed by atoms with Crippen molar-refractivity contribution in [3.8, 4) is 0 Å². The molecule has 2 aliphatic rings. The van der Waals surface area contributed by atoms with E-state index in [4.69, 9.17) is 9.57 Å². The topological polar surface area (TPSA) is 85.3 Å². The second kappa shape index (κ2) is 10.7. The lowest BCUT2D eigenvalue weighted by molar-refractivity contribution is -0.147. The number of sulfonamides is 1. The van der Waals surface area contributed by atoms with Crippen LogP contribution in [-0.2, 0) is 31.0 Å². The van der Waals surface area contributed by atoms with Gasteiger partial charge in [0, 0.05) is 12.0 Å². The quantitative estimate of drug-likeness (QED) is 0.428. The summed E-state index contributed by atoms with van der Waals surface area (Å²) in [6.07, 6.45) is 3.51. The Morgan fingerprint density at radius 3 is 2.53 bits per heavy atom. The molecule has 7 nitrogen and oxygen atoms in total. The van der Waals surface area contributed by atoms with Gasteiger partial charge in [-0.2, -0.15) is 4.31 Å². The zero-order chi connectivity index (χ0) is 24.1. The van der Waals surface area contributed by atoms with E-state index in [0.29, 0.717) is 19.4 Å². The highest BCUT2D eigenvalue weighted by molar-refractivity contribution is 7.89. The summed E-state index contributed by atoms with van der Waals surface area (Å²) in [4.78, 5) is 18.8. The molecule has 1 aliphatic carbocycles. The van der Waals surface area contributed by atoms with Crippen LogP contribution in [0.5, 0.6) is 0 Å². The van der Waals surface area contributed by atoms with Gasteiger partial charge in [-0.1, -0.05) is 59.6 Å². The third-order valence-electron chi connectivity index (χ3n) is 6.60. The number of carbonyl (C=O) groups is 1. The number of oxime groups is 1. The van der Waals surface area contributed by atoms with E-state index in [0.717, 1.165) is 36.1 Å². The summed E-state index contributed by atoms with van der Waals surface area (Å²) in [6, 6.07) is 15.3. The van der Waals surface area contributed by atoms with Gasteiger partial charge in [0.05, 0.1) is 17.2 Å². The number of carbonyl (C=O) groups excluding carboxylic acids is 1. The second-order valence-electron chi connectivity index (χ2n) is 8.91. The normalized spacial score (nSPS) is 24.4. The van der Waals surface area contributed by atoms with Gasteiger partial charge in [0.15, 0.2) is 0 Å². The molecule has 0 spiro atoms. The molecule has 182 valence electrons. The maximum atomic E-state index is 13.8. The van der Waals surface area contributed by atoms with Crippen LogP contribution in [0.3, 0.4) is 0 Å². The molecule has 2 fully saturated rings. The van der Waals surface area contributed by atoms with E-state index < -0.39 is 22.0 Å². The molecule has 2 aromatic rings. The molecule has 1 saturated heterocycles. The number of benzene rings is 2. The minimum Gasteiger partial charge on any atom is -0.465 e. The van der Waals surface area contributed by atoms with E-state index in [1.54, 1.807) is 31.2 Å². The predicted octanol–water partition coefficient (Wildman–Crippen LogP) is 4.45. The standard InChI is InChI=1S/C26H32N2O5S/c1-3-32-26(29)25-17-22-23(27-33-18-20-9-5-4-6-10-20)11-7-8-12-24(22)28(25)34(30,31)21-15-13-19(2)14-16-21/h4-6,9-10,13-16,22,24-25H,3,7-8,11-12,17-18H2,1-2H3/b27-23-/t22-,24+,25+/m1/s1. The SMILES string of the molecule is CCOC(=O)[C@@H]1C[C@@H]2/C(=N\OCc3ccccc3)CCCC[C@@H]2N1S(=O)(=O)c1ccc(C)cc1. The van der Waals surface area contributed by atoms with Gasteiger partial charge in [0.1, 0.15) is 12.6 Å². The molecule has 3 atom stereocenters. The molecule has 34 heavy (non-hydrogen) atoms. The van der Waals surface area contributed by atoms with Crippen LogP contribution in [0.4, 0.5) is 0 Å². The minimum atomic E-state index is -3.90. The summed E-state index contributed by atoms with van der Waals surface area (Å²) in [6.45, 7) is 4.18. The fraction of sp³-hybridized carbons (Fsp3) is 0.462.